The van der Waals surface area contributed by atoms with Gasteiger partial charge in [0.25, 0.3) is 0 Å². The number of alkyl halides is 3. The SMILES string of the molecule is O=C1c2ccccc2SCc2cccc(Br)c21.O=C1c2ccccc2SCc2cccc(C(F)(F)F)c21. The summed E-state index contributed by atoms with van der Waals surface area (Å²) in [5, 5.41) is 0. The Bertz CT molecular complexity index is 1530. The van der Waals surface area contributed by atoms with Crippen LogP contribution < -0.4 is 0 Å². The Morgan fingerprint density at radius 2 is 1.11 bits per heavy atom. The van der Waals surface area contributed by atoms with Gasteiger partial charge in [-0.2, -0.15) is 13.2 Å². The summed E-state index contributed by atoms with van der Waals surface area (Å²) in [5.41, 5.74) is 2.44. The molecule has 8 heteroatoms. The lowest BCUT2D eigenvalue weighted by molar-refractivity contribution is -0.137. The molecule has 0 amide bonds. The molecule has 0 aromatic heterocycles. The minimum Gasteiger partial charge on any atom is -0.289 e. The highest BCUT2D eigenvalue weighted by Crippen LogP contribution is 2.40. The lowest BCUT2D eigenvalue weighted by Gasteiger charge is -2.14. The van der Waals surface area contributed by atoms with E-state index in [0.29, 0.717) is 16.9 Å². The topological polar surface area (TPSA) is 34.1 Å². The van der Waals surface area contributed by atoms with Crippen LogP contribution in [0.1, 0.15) is 48.5 Å². The second-order valence-electron chi connectivity index (χ2n) is 8.34. The van der Waals surface area contributed by atoms with Crippen LogP contribution in [-0.4, -0.2) is 11.6 Å². The zero-order valence-corrected chi connectivity index (χ0v) is 22.4. The maximum Gasteiger partial charge on any atom is 0.417 e. The van der Waals surface area contributed by atoms with Gasteiger partial charge >= 0.3 is 6.18 Å². The minimum atomic E-state index is -4.52. The third-order valence-electron chi connectivity index (χ3n) is 6.04. The molecule has 0 N–H and O–H groups in total. The average Bonchev–Trinajstić information content (AvgIpc) is 3.13. The summed E-state index contributed by atoms with van der Waals surface area (Å²) in [5.74, 6) is 0.779. The van der Waals surface area contributed by atoms with Crippen LogP contribution >= 0.6 is 39.5 Å². The number of carbonyl (C=O) groups excluding carboxylic acids is 2. The van der Waals surface area contributed by atoms with Crippen LogP contribution in [0.2, 0.25) is 0 Å². The fourth-order valence-electron chi connectivity index (χ4n) is 4.31. The molecule has 0 saturated carbocycles. The van der Waals surface area contributed by atoms with Gasteiger partial charge in [-0.15, -0.1) is 23.5 Å². The fourth-order valence-corrected chi connectivity index (χ4v) is 6.98. The first-order valence-corrected chi connectivity index (χ1v) is 14.0. The largest absolute Gasteiger partial charge is 0.417 e. The van der Waals surface area contributed by atoms with Crippen molar-refractivity contribution in [3.05, 3.63) is 128 Å². The molecule has 2 aliphatic heterocycles. The quantitative estimate of drug-likeness (QED) is 0.202. The number of fused-ring (bicyclic) bond motifs is 4. The van der Waals surface area contributed by atoms with E-state index < -0.39 is 17.5 Å². The van der Waals surface area contributed by atoms with Gasteiger partial charge in [-0.3, -0.25) is 9.59 Å². The molecule has 6 rings (SSSR count). The van der Waals surface area contributed by atoms with E-state index in [1.807, 2.05) is 42.5 Å². The molecule has 0 bridgehead atoms. The Morgan fingerprint density at radius 1 is 0.622 bits per heavy atom. The van der Waals surface area contributed by atoms with Crippen molar-refractivity contribution in [3.8, 4) is 0 Å². The molecular weight excluding hydrogens is 581 g/mol. The van der Waals surface area contributed by atoms with Gasteiger partial charge in [-0.1, -0.05) is 64.5 Å². The maximum atomic E-state index is 13.1. The van der Waals surface area contributed by atoms with Crippen LogP contribution in [0.25, 0.3) is 0 Å². The summed E-state index contributed by atoms with van der Waals surface area (Å²) >= 11 is 6.59. The first kappa shape index (κ1) is 25.8. The first-order valence-electron chi connectivity index (χ1n) is 11.2. The van der Waals surface area contributed by atoms with E-state index >= 15 is 0 Å². The van der Waals surface area contributed by atoms with Crippen molar-refractivity contribution in [2.24, 2.45) is 0 Å². The van der Waals surface area contributed by atoms with Crippen molar-refractivity contribution < 1.29 is 22.8 Å². The molecule has 186 valence electrons. The third-order valence-corrected chi connectivity index (χ3v) is 8.95. The Labute approximate surface area is 228 Å². The van der Waals surface area contributed by atoms with Gasteiger partial charge in [-0.05, 0) is 47.5 Å². The standard InChI is InChI=1S/C15H9F3OS.C14H9BrOS/c16-15(17,18)11-6-3-4-9-8-20-12-7-2-1-5-10(12)14(19)13(9)11;15-11-6-3-4-9-8-17-12-7-2-1-5-10(12)14(16)13(9)11/h1-7H,8H2;1-7H,8H2. The zero-order chi connectivity index (χ0) is 26.2. The number of benzene rings is 4. The van der Waals surface area contributed by atoms with Crippen molar-refractivity contribution in [1.29, 1.82) is 0 Å². The second-order valence-corrected chi connectivity index (χ2v) is 11.2. The summed E-state index contributed by atoms with van der Waals surface area (Å²) in [6, 6.07) is 24.4. The van der Waals surface area contributed by atoms with Crippen LogP contribution in [0.15, 0.2) is 99.2 Å². The smallest absolute Gasteiger partial charge is 0.289 e. The second kappa shape index (κ2) is 10.5. The first-order chi connectivity index (χ1) is 17.8. The van der Waals surface area contributed by atoms with Gasteiger partial charge in [0.05, 0.1) is 5.56 Å². The fraction of sp³-hybridized carbons (Fsp3) is 0.103. The number of rotatable bonds is 0. The number of carbonyl (C=O) groups is 2. The van der Waals surface area contributed by atoms with Gasteiger partial charge in [0.15, 0.2) is 11.6 Å². The van der Waals surface area contributed by atoms with Crippen molar-refractivity contribution in [2.45, 2.75) is 27.5 Å². The number of halogens is 4. The van der Waals surface area contributed by atoms with Crippen LogP contribution in [0, 0.1) is 0 Å². The maximum absolute atomic E-state index is 13.1. The van der Waals surface area contributed by atoms with E-state index in [4.69, 9.17) is 0 Å². The molecule has 0 saturated heterocycles. The molecule has 2 heterocycles. The van der Waals surface area contributed by atoms with Crippen LogP contribution in [-0.2, 0) is 17.7 Å². The average molecular weight is 599 g/mol. The van der Waals surface area contributed by atoms with Crippen molar-refractivity contribution in [3.63, 3.8) is 0 Å². The van der Waals surface area contributed by atoms with Crippen molar-refractivity contribution in [1.82, 2.24) is 0 Å². The van der Waals surface area contributed by atoms with Crippen LogP contribution in [0.5, 0.6) is 0 Å². The molecule has 37 heavy (non-hydrogen) atoms. The number of ketones is 2. The van der Waals surface area contributed by atoms with Gasteiger partial charge in [-0.25, -0.2) is 0 Å². The highest BCUT2D eigenvalue weighted by atomic mass is 79.9. The summed E-state index contributed by atoms with van der Waals surface area (Å²) in [6.07, 6.45) is -4.52. The lowest BCUT2D eigenvalue weighted by atomic mass is 9.94. The molecule has 0 spiro atoms. The van der Waals surface area contributed by atoms with Crippen molar-refractivity contribution >= 4 is 51.0 Å². The summed E-state index contributed by atoms with van der Waals surface area (Å²) in [6.45, 7) is 0. The number of thioether (sulfide) groups is 2. The molecule has 0 fully saturated rings. The van der Waals surface area contributed by atoms with E-state index in [1.165, 1.54) is 17.8 Å². The Hall–Kier alpha value is -2.81. The van der Waals surface area contributed by atoms with E-state index in [9.17, 15) is 22.8 Å². The Morgan fingerprint density at radius 3 is 1.68 bits per heavy atom. The number of hydrogen-bond donors (Lipinski definition) is 0. The molecule has 2 aliphatic rings. The van der Waals surface area contributed by atoms with E-state index in [0.717, 1.165) is 42.8 Å². The molecule has 4 aromatic rings. The third kappa shape index (κ3) is 5.15. The Kier molecular flexibility index (Phi) is 7.34. The summed E-state index contributed by atoms with van der Waals surface area (Å²) in [7, 11) is 0. The monoisotopic (exact) mass is 598 g/mol. The van der Waals surface area contributed by atoms with E-state index in [-0.39, 0.29) is 11.3 Å². The van der Waals surface area contributed by atoms with Gasteiger partial charge in [0, 0.05) is 48.0 Å². The normalized spacial score (nSPS) is 14.2. The molecule has 0 radical (unpaired) electrons. The van der Waals surface area contributed by atoms with Gasteiger partial charge in [0.1, 0.15) is 0 Å². The molecular formula is C29H18BrF3O2S2. The predicted octanol–water partition coefficient (Wildman–Crippen LogP) is 8.83. The summed E-state index contributed by atoms with van der Waals surface area (Å²) < 4.78 is 40.2. The lowest BCUT2D eigenvalue weighted by Crippen LogP contribution is -2.15. The highest BCUT2D eigenvalue weighted by molar-refractivity contribution is 9.10. The van der Waals surface area contributed by atoms with Gasteiger partial charge in [0.2, 0.25) is 0 Å². The molecule has 0 aliphatic carbocycles. The van der Waals surface area contributed by atoms with Crippen molar-refractivity contribution in [2.75, 3.05) is 0 Å². The Balaban J connectivity index is 0.000000153. The molecule has 0 unspecified atom stereocenters. The summed E-state index contributed by atoms with van der Waals surface area (Å²) in [4.78, 5) is 26.8. The highest BCUT2D eigenvalue weighted by Gasteiger charge is 2.37. The van der Waals surface area contributed by atoms with Gasteiger partial charge < -0.3 is 0 Å². The minimum absolute atomic E-state index is 0.119. The van der Waals surface area contributed by atoms with E-state index in [2.05, 4.69) is 15.9 Å². The molecule has 4 aromatic carbocycles. The van der Waals surface area contributed by atoms with E-state index in [1.54, 1.807) is 42.1 Å². The number of hydrogen-bond acceptors (Lipinski definition) is 4. The molecule has 2 nitrogen and oxygen atoms in total. The van der Waals surface area contributed by atoms with Crippen LogP contribution in [0.4, 0.5) is 13.2 Å². The predicted molar refractivity (Wildman–Crippen MR) is 144 cm³/mol. The van der Waals surface area contributed by atoms with Crippen LogP contribution in [0.3, 0.4) is 0 Å². The molecule has 0 atom stereocenters. The zero-order valence-electron chi connectivity index (χ0n) is 19.1.